The van der Waals surface area contributed by atoms with Gasteiger partial charge in [0, 0.05) is 16.9 Å². The summed E-state index contributed by atoms with van der Waals surface area (Å²) >= 11 is 3.46. The lowest BCUT2D eigenvalue weighted by molar-refractivity contribution is 0.0600. The molecule has 1 aliphatic rings. The van der Waals surface area contributed by atoms with E-state index in [1.807, 2.05) is 42.5 Å². The molecule has 0 fully saturated rings. The molecule has 1 aliphatic carbocycles. The Hall–Kier alpha value is -3.38. The van der Waals surface area contributed by atoms with E-state index in [0.29, 0.717) is 25.1 Å². The van der Waals surface area contributed by atoms with Crippen LogP contribution in [0.5, 0.6) is 0 Å². The maximum absolute atomic E-state index is 12.2. The summed E-state index contributed by atoms with van der Waals surface area (Å²) in [7, 11) is 1.35. The van der Waals surface area contributed by atoms with E-state index in [4.69, 9.17) is 9.47 Å². The van der Waals surface area contributed by atoms with Crippen molar-refractivity contribution < 1.29 is 19.1 Å². The highest BCUT2D eigenvalue weighted by Gasteiger charge is 2.28. The van der Waals surface area contributed by atoms with Gasteiger partial charge in [-0.05, 0) is 46.4 Å². The van der Waals surface area contributed by atoms with E-state index in [1.54, 1.807) is 12.1 Å². The first kappa shape index (κ1) is 22.8. The van der Waals surface area contributed by atoms with Crippen LogP contribution in [0.15, 0.2) is 77.3 Å². The minimum absolute atomic E-state index is 0.0494. The molecule has 0 radical (unpaired) electrons. The van der Waals surface area contributed by atoms with E-state index in [9.17, 15) is 9.59 Å². The number of hydrogen-bond acceptors (Lipinski definition) is 4. The van der Waals surface area contributed by atoms with Gasteiger partial charge in [-0.3, -0.25) is 0 Å². The summed E-state index contributed by atoms with van der Waals surface area (Å²) in [6, 6.07) is 21.8. The second-order valence-corrected chi connectivity index (χ2v) is 8.53. The molecule has 0 unspecified atom stereocenters. The van der Waals surface area contributed by atoms with Crippen molar-refractivity contribution in [3.63, 3.8) is 0 Å². The topological polar surface area (TPSA) is 64.6 Å². The molecule has 1 N–H and O–H groups in total. The fourth-order valence-electron chi connectivity index (χ4n) is 4.02. The number of esters is 1. The van der Waals surface area contributed by atoms with Crippen LogP contribution >= 0.6 is 15.9 Å². The monoisotopic (exact) mass is 505 g/mol. The molecule has 6 heteroatoms. The second-order valence-electron chi connectivity index (χ2n) is 7.67. The van der Waals surface area contributed by atoms with Gasteiger partial charge in [0.1, 0.15) is 6.61 Å². The molecular weight excluding hydrogens is 482 g/mol. The number of fused-ring (bicyclic) bond motifs is 3. The van der Waals surface area contributed by atoms with Gasteiger partial charge >= 0.3 is 12.1 Å². The highest BCUT2D eigenvalue weighted by Crippen LogP contribution is 2.44. The van der Waals surface area contributed by atoms with Gasteiger partial charge in [-0.25, -0.2) is 9.59 Å². The van der Waals surface area contributed by atoms with Gasteiger partial charge in [0.2, 0.25) is 0 Å². The molecule has 168 valence electrons. The van der Waals surface area contributed by atoms with Crippen molar-refractivity contribution in [1.82, 2.24) is 5.32 Å². The summed E-state index contributed by atoms with van der Waals surface area (Å²) in [4.78, 5) is 23.8. The zero-order valence-corrected chi connectivity index (χ0v) is 19.8. The first-order valence-corrected chi connectivity index (χ1v) is 11.5. The van der Waals surface area contributed by atoms with Crippen molar-refractivity contribution in [2.45, 2.75) is 12.3 Å². The van der Waals surface area contributed by atoms with Crippen LogP contribution in [0.1, 0.15) is 39.4 Å². The van der Waals surface area contributed by atoms with E-state index in [1.165, 1.54) is 29.4 Å². The Balaban J connectivity index is 1.26. The number of hydrogen-bond donors (Lipinski definition) is 1. The van der Waals surface area contributed by atoms with Crippen LogP contribution in [0.2, 0.25) is 0 Å². The Morgan fingerprint density at radius 1 is 1.00 bits per heavy atom. The molecule has 0 atom stereocenters. The van der Waals surface area contributed by atoms with Gasteiger partial charge in [-0.1, -0.05) is 82.7 Å². The minimum atomic E-state index is -0.422. The van der Waals surface area contributed by atoms with E-state index < -0.39 is 6.09 Å². The Labute approximate surface area is 201 Å². The van der Waals surface area contributed by atoms with Gasteiger partial charge in [-0.2, -0.15) is 0 Å². The standard InChI is InChI=1S/C27H24BrNO4/c1-32-26(30)19-14-13-18(25(28)16-19)8-6-7-15-29-27(31)33-17-24-22-11-4-2-9-20(22)21-10-3-5-12-23(21)24/h2-6,8-14,16,24H,7,15,17H2,1H3,(H,29,31). The number of halogens is 1. The van der Waals surface area contributed by atoms with E-state index >= 15 is 0 Å². The Bertz CT molecular complexity index is 1160. The van der Waals surface area contributed by atoms with Crippen molar-refractivity contribution in [3.05, 3.63) is 99.5 Å². The highest BCUT2D eigenvalue weighted by molar-refractivity contribution is 9.10. The molecule has 0 spiro atoms. The average Bonchev–Trinajstić information content (AvgIpc) is 3.16. The summed E-state index contributed by atoms with van der Waals surface area (Å²) < 4.78 is 11.1. The molecule has 3 aromatic rings. The second kappa shape index (κ2) is 10.5. The van der Waals surface area contributed by atoms with Gasteiger partial charge in [-0.15, -0.1) is 0 Å². The van der Waals surface area contributed by atoms with Crippen LogP contribution in [-0.2, 0) is 9.47 Å². The summed E-state index contributed by atoms with van der Waals surface area (Å²) in [5.41, 5.74) is 6.22. The third-order valence-electron chi connectivity index (χ3n) is 5.64. The summed E-state index contributed by atoms with van der Waals surface area (Å²) in [6.07, 6.45) is 4.12. The number of nitrogens with one attached hydrogen (secondary N) is 1. The van der Waals surface area contributed by atoms with Crippen LogP contribution in [0, 0.1) is 0 Å². The van der Waals surface area contributed by atoms with Crippen molar-refractivity contribution in [2.75, 3.05) is 20.3 Å². The zero-order valence-electron chi connectivity index (χ0n) is 18.2. The normalized spacial score (nSPS) is 12.3. The van der Waals surface area contributed by atoms with E-state index in [0.717, 1.165) is 10.0 Å². The fourth-order valence-corrected chi connectivity index (χ4v) is 4.54. The number of alkyl carbamates (subject to hydrolysis) is 1. The molecule has 0 saturated heterocycles. The molecule has 1 amide bonds. The number of methoxy groups -OCH3 is 1. The molecule has 0 heterocycles. The third kappa shape index (κ3) is 5.17. The molecule has 4 rings (SSSR count). The summed E-state index contributed by atoms with van der Waals surface area (Å²) in [6.45, 7) is 0.764. The van der Waals surface area contributed by atoms with Gasteiger partial charge < -0.3 is 14.8 Å². The molecule has 0 aliphatic heterocycles. The van der Waals surface area contributed by atoms with Crippen molar-refractivity contribution in [3.8, 4) is 11.1 Å². The van der Waals surface area contributed by atoms with Crippen LogP contribution in [0.25, 0.3) is 17.2 Å². The fraction of sp³-hybridized carbons (Fsp3) is 0.185. The zero-order chi connectivity index (χ0) is 23.2. The van der Waals surface area contributed by atoms with Crippen molar-refractivity contribution in [1.29, 1.82) is 0 Å². The van der Waals surface area contributed by atoms with Crippen LogP contribution in [0.4, 0.5) is 4.79 Å². The molecule has 5 nitrogen and oxygen atoms in total. The maximum Gasteiger partial charge on any atom is 0.407 e. The van der Waals surface area contributed by atoms with E-state index in [-0.39, 0.29) is 11.9 Å². The van der Waals surface area contributed by atoms with Crippen molar-refractivity contribution in [2.24, 2.45) is 0 Å². The van der Waals surface area contributed by atoms with Crippen molar-refractivity contribution >= 4 is 34.1 Å². The lowest BCUT2D eigenvalue weighted by Crippen LogP contribution is -2.26. The van der Waals surface area contributed by atoms with Gasteiger partial charge in [0.05, 0.1) is 12.7 Å². The first-order valence-electron chi connectivity index (χ1n) is 10.7. The largest absolute Gasteiger partial charge is 0.465 e. The van der Waals surface area contributed by atoms with Gasteiger partial charge in [0.25, 0.3) is 0 Å². The molecule has 3 aromatic carbocycles. The third-order valence-corrected chi connectivity index (χ3v) is 6.33. The predicted octanol–water partition coefficient (Wildman–Crippen LogP) is 6.18. The highest BCUT2D eigenvalue weighted by atomic mass is 79.9. The van der Waals surface area contributed by atoms with E-state index in [2.05, 4.69) is 45.5 Å². The van der Waals surface area contributed by atoms with Gasteiger partial charge in [0.15, 0.2) is 0 Å². The summed E-state index contributed by atoms with van der Waals surface area (Å²) in [5, 5.41) is 2.80. The minimum Gasteiger partial charge on any atom is -0.465 e. The Morgan fingerprint density at radius 2 is 1.67 bits per heavy atom. The van der Waals surface area contributed by atoms with Crippen LogP contribution in [-0.4, -0.2) is 32.3 Å². The molecule has 0 saturated carbocycles. The quantitative estimate of drug-likeness (QED) is 0.307. The number of carbonyl (C=O) groups is 2. The molecule has 0 bridgehead atoms. The number of amides is 1. The average molecular weight is 506 g/mol. The number of rotatable bonds is 7. The lowest BCUT2D eigenvalue weighted by atomic mass is 9.98. The lowest BCUT2D eigenvalue weighted by Gasteiger charge is -2.14. The molecule has 0 aromatic heterocycles. The molecular formula is C27H24BrNO4. The maximum atomic E-state index is 12.2. The Kier molecular flexibility index (Phi) is 7.25. The number of benzene rings is 3. The number of carbonyl (C=O) groups excluding carboxylic acids is 2. The SMILES string of the molecule is COC(=O)c1ccc(C=CCCNC(=O)OCC2c3ccccc3-c3ccccc32)c(Br)c1. The van der Waals surface area contributed by atoms with Crippen LogP contribution < -0.4 is 5.32 Å². The predicted molar refractivity (Wildman–Crippen MR) is 132 cm³/mol. The molecule has 33 heavy (non-hydrogen) atoms. The number of ether oxygens (including phenoxy) is 2. The smallest absolute Gasteiger partial charge is 0.407 e. The van der Waals surface area contributed by atoms with Crippen LogP contribution in [0.3, 0.4) is 0 Å². The summed E-state index contributed by atoms with van der Waals surface area (Å²) in [5.74, 6) is -0.327. The first-order chi connectivity index (χ1) is 16.1. The Morgan fingerprint density at radius 3 is 2.30 bits per heavy atom.